The van der Waals surface area contributed by atoms with E-state index in [1.54, 1.807) is 32.9 Å². The van der Waals surface area contributed by atoms with E-state index in [2.05, 4.69) is 0 Å². The second-order valence-corrected chi connectivity index (χ2v) is 5.76. The molecule has 1 atom stereocenters. The van der Waals surface area contributed by atoms with Gasteiger partial charge in [0.15, 0.2) is 0 Å². The minimum absolute atomic E-state index is 0.219. The van der Waals surface area contributed by atoms with Crippen LogP contribution in [0.3, 0.4) is 0 Å². The zero-order valence-electron chi connectivity index (χ0n) is 12.2. The summed E-state index contributed by atoms with van der Waals surface area (Å²) in [7, 11) is 0. The van der Waals surface area contributed by atoms with Crippen LogP contribution in [0.2, 0.25) is 0 Å². The molecule has 0 fully saturated rings. The van der Waals surface area contributed by atoms with Gasteiger partial charge in [-0.15, -0.1) is 0 Å². The summed E-state index contributed by atoms with van der Waals surface area (Å²) < 4.78 is 5.08. The first kappa shape index (κ1) is 16.7. The summed E-state index contributed by atoms with van der Waals surface area (Å²) in [4.78, 5) is 23.5. The molecule has 1 unspecified atom stereocenters. The highest BCUT2D eigenvalue weighted by atomic mass is 16.6. The molecule has 0 amide bonds. The number of carbonyl (C=O) groups is 2. The summed E-state index contributed by atoms with van der Waals surface area (Å²) in [5, 5.41) is 18.0. The first-order valence-corrected chi connectivity index (χ1v) is 6.33. The first-order valence-electron chi connectivity index (χ1n) is 6.33. The van der Waals surface area contributed by atoms with Gasteiger partial charge in [-0.25, -0.2) is 9.59 Å². The van der Waals surface area contributed by atoms with Gasteiger partial charge in [-0.1, -0.05) is 12.1 Å². The number of nitriles is 1. The zero-order chi connectivity index (χ0) is 16.3. The molecule has 0 radical (unpaired) electrons. The second-order valence-electron chi connectivity index (χ2n) is 5.76. The Balaban J connectivity index is 3.02. The Morgan fingerprint density at radius 1 is 1.29 bits per heavy atom. The van der Waals surface area contributed by atoms with Crippen LogP contribution in [0.1, 0.15) is 31.9 Å². The number of hydrogen-bond donors (Lipinski definition) is 2. The lowest BCUT2D eigenvalue weighted by molar-refractivity contribution is -0.169. The maximum Gasteiger partial charge on any atom is 0.338 e. The molecule has 1 aromatic rings. The monoisotopic (exact) mass is 290 g/mol. The van der Waals surface area contributed by atoms with Crippen molar-refractivity contribution in [1.82, 2.24) is 0 Å². The van der Waals surface area contributed by atoms with Crippen LogP contribution in [0.25, 0.3) is 0 Å². The molecule has 0 saturated carbocycles. The Kier molecular flexibility index (Phi) is 4.71. The average molecular weight is 290 g/mol. The summed E-state index contributed by atoms with van der Waals surface area (Å²) in [6, 6.07) is 8.15. The van der Waals surface area contributed by atoms with Crippen molar-refractivity contribution >= 4 is 11.9 Å². The number of nitrogens with two attached hydrogens (primary N) is 1. The highest BCUT2D eigenvalue weighted by Crippen LogP contribution is 2.18. The zero-order valence-corrected chi connectivity index (χ0v) is 12.2. The Hall–Kier alpha value is -2.39. The quantitative estimate of drug-likeness (QED) is 0.636. The van der Waals surface area contributed by atoms with E-state index in [4.69, 9.17) is 15.7 Å². The number of carboxylic acids is 1. The largest absolute Gasteiger partial charge is 0.479 e. The number of rotatable bonds is 4. The van der Waals surface area contributed by atoms with Crippen molar-refractivity contribution in [3.05, 3.63) is 35.4 Å². The van der Waals surface area contributed by atoms with Crippen LogP contribution in [0.5, 0.6) is 0 Å². The van der Waals surface area contributed by atoms with Crippen LogP contribution >= 0.6 is 0 Å². The SMILES string of the molecule is CC(C)(C)OC(=O)C(N)(Cc1ccc(C#N)cc1)C(=O)O. The van der Waals surface area contributed by atoms with Crippen molar-refractivity contribution < 1.29 is 19.4 Å². The molecule has 0 aliphatic rings. The molecule has 0 bridgehead atoms. The molecule has 1 aromatic carbocycles. The van der Waals surface area contributed by atoms with Crippen molar-refractivity contribution in [2.45, 2.75) is 38.3 Å². The Labute approximate surface area is 123 Å². The Morgan fingerprint density at radius 2 is 1.81 bits per heavy atom. The molecular weight excluding hydrogens is 272 g/mol. The highest BCUT2D eigenvalue weighted by molar-refractivity contribution is 6.04. The molecule has 0 heterocycles. The molecule has 3 N–H and O–H groups in total. The fourth-order valence-electron chi connectivity index (χ4n) is 1.62. The van der Waals surface area contributed by atoms with Crippen molar-refractivity contribution in [3.63, 3.8) is 0 Å². The van der Waals surface area contributed by atoms with Crippen molar-refractivity contribution in [3.8, 4) is 6.07 Å². The van der Waals surface area contributed by atoms with Gasteiger partial charge < -0.3 is 15.6 Å². The van der Waals surface area contributed by atoms with Crippen molar-refractivity contribution in [2.75, 3.05) is 0 Å². The number of benzene rings is 1. The van der Waals surface area contributed by atoms with E-state index in [0.717, 1.165) is 0 Å². The number of carboxylic acid groups (broad SMARTS) is 1. The molecule has 6 nitrogen and oxygen atoms in total. The summed E-state index contributed by atoms with van der Waals surface area (Å²) >= 11 is 0. The van der Waals surface area contributed by atoms with Crippen LogP contribution in [0.15, 0.2) is 24.3 Å². The number of carbonyl (C=O) groups excluding carboxylic acids is 1. The first-order chi connectivity index (χ1) is 9.58. The van der Waals surface area contributed by atoms with Crippen LogP contribution in [-0.2, 0) is 20.7 Å². The normalized spacial score (nSPS) is 13.9. The predicted octanol–water partition coefficient (Wildman–Crippen LogP) is 1.22. The van der Waals surface area contributed by atoms with Gasteiger partial charge in [-0.3, -0.25) is 0 Å². The lowest BCUT2D eigenvalue weighted by Crippen LogP contribution is -2.58. The number of hydrogen-bond acceptors (Lipinski definition) is 5. The molecular formula is C15H18N2O4. The topological polar surface area (TPSA) is 113 Å². The molecule has 0 saturated heterocycles. The third-order valence-corrected chi connectivity index (χ3v) is 2.71. The van der Waals surface area contributed by atoms with Crippen LogP contribution in [0.4, 0.5) is 0 Å². The third-order valence-electron chi connectivity index (χ3n) is 2.71. The minimum atomic E-state index is -2.17. The van der Waals surface area contributed by atoms with E-state index in [1.165, 1.54) is 12.1 Å². The Bertz CT molecular complexity index is 581. The minimum Gasteiger partial charge on any atom is -0.479 e. The van der Waals surface area contributed by atoms with Crippen molar-refractivity contribution in [2.24, 2.45) is 5.73 Å². The van der Waals surface area contributed by atoms with E-state index in [0.29, 0.717) is 11.1 Å². The summed E-state index contributed by atoms with van der Waals surface area (Å²) in [6.45, 7) is 4.90. The van der Waals surface area contributed by atoms with Crippen LogP contribution < -0.4 is 5.73 Å². The number of ether oxygens (including phenoxy) is 1. The van der Waals surface area contributed by atoms with E-state index in [-0.39, 0.29) is 6.42 Å². The van der Waals surface area contributed by atoms with Gasteiger partial charge in [0, 0.05) is 6.42 Å². The lowest BCUT2D eigenvalue weighted by Gasteiger charge is -2.28. The average Bonchev–Trinajstić information content (AvgIpc) is 2.37. The number of nitrogens with zero attached hydrogens (tertiary/aromatic N) is 1. The van der Waals surface area contributed by atoms with E-state index >= 15 is 0 Å². The molecule has 6 heteroatoms. The molecule has 1 rings (SSSR count). The lowest BCUT2D eigenvalue weighted by atomic mass is 9.91. The molecule has 0 aromatic heterocycles. The molecule has 0 aliphatic heterocycles. The van der Waals surface area contributed by atoms with Crippen LogP contribution in [0, 0.1) is 11.3 Å². The smallest absolute Gasteiger partial charge is 0.338 e. The maximum atomic E-state index is 12.1. The van der Waals surface area contributed by atoms with E-state index in [9.17, 15) is 14.7 Å². The molecule has 21 heavy (non-hydrogen) atoms. The highest BCUT2D eigenvalue weighted by Gasteiger charge is 2.45. The van der Waals surface area contributed by atoms with Gasteiger partial charge in [0.1, 0.15) is 5.60 Å². The van der Waals surface area contributed by atoms with E-state index < -0.39 is 23.1 Å². The van der Waals surface area contributed by atoms with Gasteiger partial charge in [0.25, 0.3) is 0 Å². The van der Waals surface area contributed by atoms with Crippen molar-refractivity contribution in [1.29, 1.82) is 5.26 Å². The summed E-state index contributed by atoms with van der Waals surface area (Å²) in [5.74, 6) is -2.45. The molecule has 112 valence electrons. The van der Waals surface area contributed by atoms with Gasteiger partial charge >= 0.3 is 11.9 Å². The van der Waals surface area contributed by atoms with Gasteiger partial charge in [-0.05, 0) is 38.5 Å². The fourth-order valence-corrected chi connectivity index (χ4v) is 1.62. The van der Waals surface area contributed by atoms with Crippen LogP contribution in [-0.4, -0.2) is 28.2 Å². The van der Waals surface area contributed by atoms with E-state index in [1.807, 2.05) is 6.07 Å². The van der Waals surface area contributed by atoms with Gasteiger partial charge in [0.05, 0.1) is 11.6 Å². The summed E-state index contributed by atoms with van der Waals surface area (Å²) in [6.07, 6.45) is -0.219. The Morgan fingerprint density at radius 3 is 2.19 bits per heavy atom. The van der Waals surface area contributed by atoms with Gasteiger partial charge in [0.2, 0.25) is 5.54 Å². The number of aliphatic carboxylic acids is 1. The second kappa shape index (κ2) is 5.94. The van der Waals surface area contributed by atoms with Gasteiger partial charge in [-0.2, -0.15) is 5.26 Å². The number of esters is 1. The fraction of sp³-hybridized carbons (Fsp3) is 0.400. The maximum absolute atomic E-state index is 12.1. The third kappa shape index (κ3) is 4.29. The molecule has 0 spiro atoms. The predicted molar refractivity (Wildman–Crippen MR) is 75.3 cm³/mol. The summed E-state index contributed by atoms with van der Waals surface area (Å²) in [5.41, 5.74) is 3.73. The standard InChI is InChI=1S/C15H18N2O4/c1-14(2,3)21-13(20)15(17,12(18)19)8-10-4-6-11(9-16)7-5-10/h4-7H,8,17H2,1-3H3,(H,18,19). The molecule has 0 aliphatic carbocycles.